The molecule has 0 spiro atoms. The summed E-state index contributed by atoms with van der Waals surface area (Å²) in [6.45, 7) is 7.82. The Labute approximate surface area is 200 Å². The Bertz CT molecular complexity index is 1180. The summed E-state index contributed by atoms with van der Waals surface area (Å²) in [5.74, 6) is 0.444. The zero-order valence-electron chi connectivity index (χ0n) is 18.9. The van der Waals surface area contributed by atoms with Crippen molar-refractivity contribution in [1.82, 2.24) is 19.2 Å². The van der Waals surface area contributed by atoms with Crippen LogP contribution >= 0.6 is 11.6 Å². The van der Waals surface area contributed by atoms with Gasteiger partial charge in [0.05, 0.1) is 16.5 Å². The normalized spacial score (nSPS) is 17.0. The monoisotopic (exact) mass is 488 g/mol. The van der Waals surface area contributed by atoms with Crippen LogP contribution in [0.1, 0.15) is 25.5 Å². The number of sulfonamides is 1. The molecule has 176 valence electrons. The minimum absolute atomic E-state index is 0.0422. The van der Waals surface area contributed by atoms with Gasteiger partial charge >= 0.3 is 0 Å². The van der Waals surface area contributed by atoms with E-state index in [-0.39, 0.29) is 16.2 Å². The minimum Gasteiger partial charge on any atom is -0.372 e. The highest BCUT2D eigenvalue weighted by atomic mass is 35.5. The number of hydrogen-bond donors (Lipinski definition) is 0. The van der Waals surface area contributed by atoms with Crippen molar-refractivity contribution >= 4 is 32.5 Å². The standard InChI is InChI=1S/C24H29ClN4O3S/c1-18(2)16-32-23(19-6-4-3-5-7-19)15-28-10-12-29(13-11-28)33(30,31)20-8-9-22-21(14-20)24(25)27-17-26-22/h3-9,14,17-18,23H,10-13,15-16H2,1-2H3. The molecule has 0 bridgehead atoms. The van der Waals surface area contributed by atoms with Gasteiger partial charge in [0.1, 0.15) is 11.5 Å². The van der Waals surface area contributed by atoms with Gasteiger partial charge in [0.25, 0.3) is 0 Å². The van der Waals surface area contributed by atoms with Crippen molar-refractivity contribution in [2.45, 2.75) is 24.8 Å². The van der Waals surface area contributed by atoms with Gasteiger partial charge in [-0.05, 0) is 29.7 Å². The van der Waals surface area contributed by atoms with Crippen molar-refractivity contribution in [3.05, 3.63) is 65.6 Å². The number of halogens is 1. The Kier molecular flexibility index (Phi) is 7.61. The summed E-state index contributed by atoms with van der Waals surface area (Å²) in [6, 6.07) is 15.0. The molecule has 1 atom stereocenters. The maximum Gasteiger partial charge on any atom is 0.243 e. The van der Waals surface area contributed by atoms with Crippen LogP contribution < -0.4 is 0 Å². The third kappa shape index (κ3) is 5.70. The predicted octanol–water partition coefficient (Wildman–Crippen LogP) is 4.00. The number of nitrogens with zero attached hydrogens (tertiary/aromatic N) is 4. The van der Waals surface area contributed by atoms with E-state index in [1.165, 1.54) is 10.6 Å². The van der Waals surface area contributed by atoms with E-state index < -0.39 is 10.0 Å². The van der Waals surface area contributed by atoms with Crippen LogP contribution in [0.5, 0.6) is 0 Å². The first-order valence-corrected chi connectivity index (χ1v) is 13.0. The lowest BCUT2D eigenvalue weighted by atomic mass is 10.1. The van der Waals surface area contributed by atoms with Gasteiger partial charge in [-0.25, -0.2) is 18.4 Å². The summed E-state index contributed by atoms with van der Waals surface area (Å²) in [7, 11) is -3.63. The summed E-state index contributed by atoms with van der Waals surface area (Å²) in [6.07, 6.45) is 1.32. The summed E-state index contributed by atoms with van der Waals surface area (Å²) in [5.41, 5.74) is 1.76. The first kappa shape index (κ1) is 24.0. The topological polar surface area (TPSA) is 75.6 Å². The highest BCUT2D eigenvalue weighted by Crippen LogP contribution is 2.26. The van der Waals surface area contributed by atoms with E-state index in [4.69, 9.17) is 16.3 Å². The molecule has 9 heteroatoms. The molecule has 1 saturated heterocycles. The maximum absolute atomic E-state index is 13.3. The lowest BCUT2D eigenvalue weighted by Crippen LogP contribution is -2.49. The van der Waals surface area contributed by atoms with E-state index in [0.717, 1.165) is 12.1 Å². The van der Waals surface area contributed by atoms with Gasteiger partial charge in [-0.3, -0.25) is 4.90 Å². The number of hydrogen-bond acceptors (Lipinski definition) is 6. The summed E-state index contributed by atoms with van der Waals surface area (Å²) in [5, 5.41) is 0.780. The lowest BCUT2D eigenvalue weighted by molar-refractivity contribution is 0.00530. The number of piperazine rings is 1. The predicted molar refractivity (Wildman–Crippen MR) is 130 cm³/mol. The molecule has 1 unspecified atom stereocenters. The molecule has 1 fully saturated rings. The van der Waals surface area contributed by atoms with E-state index in [1.54, 1.807) is 18.2 Å². The highest BCUT2D eigenvalue weighted by molar-refractivity contribution is 7.89. The largest absolute Gasteiger partial charge is 0.372 e. The molecule has 0 radical (unpaired) electrons. The molecule has 2 heterocycles. The molecule has 3 aromatic rings. The third-order valence-electron chi connectivity index (χ3n) is 5.75. The van der Waals surface area contributed by atoms with Crippen molar-refractivity contribution < 1.29 is 13.2 Å². The number of rotatable bonds is 8. The number of aromatic nitrogens is 2. The van der Waals surface area contributed by atoms with Gasteiger partial charge in [-0.2, -0.15) is 4.31 Å². The van der Waals surface area contributed by atoms with Gasteiger partial charge in [-0.1, -0.05) is 55.8 Å². The second-order valence-corrected chi connectivity index (χ2v) is 11.0. The van der Waals surface area contributed by atoms with Crippen molar-refractivity contribution in [2.75, 3.05) is 39.3 Å². The maximum atomic E-state index is 13.3. The van der Waals surface area contributed by atoms with Crippen LogP contribution in [0, 0.1) is 5.92 Å². The van der Waals surface area contributed by atoms with E-state index in [9.17, 15) is 8.42 Å². The molecule has 0 aliphatic carbocycles. The quantitative estimate of drug-likeness (QED) is 0.446. The second-order valence-electron chi connectivity index (χ2n) is 8.67. The molecule has 2 aromatic carbocycles. The average molecular weight is 489 g/mol. The van der Waals surface area contributed by atoms with Crippen molar-refractivity contribution in [3.8, 4) is 0 Å². The van der Waals surface area contributed by atoms with Gasteiger partial charge < -0.3 is 4.74 Å². The Hall–Kier alpha value is -2.10. The SMILES string of the molecule is CC(C)COC(CN1CCN(S(=O)(=O)c2ccc3ncnc(Cl)c3c2)CC1)c1ccccc1. The van der Waals surface area contributed by atoms with Crippen LogP contribution in [0.2, 0.25) is 5.15 Å². The lowest BCUT2D eigenvalue weighted by Gasteiger charge is -2.36. The Balaban J connectivity index is 1.43. The summed E-state index contributed by atoms with van der Waals surface area (Å²) in [4.78, 5) is 10.6. The first-order chi connectivity index (χ1) is 15.8. The zero-order valence-corrected chi connectivity index (χ0v) is 20.5. The summed E-state index contributed by atoms with van der Waals surface area (Å²) >= 11 is 6.15. The van der Waals surface area contributed by atoms with E-state index in [1.807, 2.05) is 18.2 Å². The molecule has 4 rings (SSSR count). The Morgan fingerprint density at radius 3 is 2.45 bits per heavy atom. The van der Waals surface area contributed by atoms with Crippen molar-refractivity contribution in [1.29, 1.82) is 0 Å². The molecular formula is C24H29ClN4O3S. The highest BCUT2D eigenvalue weighted by Gasteiger charge is 2.30. The van der Waals surface area contributed by atoms with Crippen LogP contribution in [-0.4, -0.2) is 66.9 Å². The summed E-state index contributed by atoms with van der Waals surface area (Å²) < 4.78 is 34.3. The second kappa shape index (κ2) is 10.4. The minimum atomic E-state index is -3.63. The first-order valence-electron chi connectivity index (χ1n) is 11.1. The molecule has 0 N–H and O–H groups in total. The number of fused-ring (bicyclic) bond motifs is 1. The van der Waals surface area contributed by atoms with E-state index >= 15 is 0 Å². The molecule has 1 aliphatic heterocycles. The number of benzene rings is 2. The molecular weight excluding hydrogens is 460 g/mol. The van der Waals surface area contributed by atoms with Gasteiger partial charge in [-0.15, -0.1) is 0 Å². The molecule has 1 aliphatic rings. The van der Waals surface area contributed by atoms with Crippen LogP contribution in [0.15, 0.2) is 59.8 Å². The molecule has 33 heavy (non-hydrogen) atoms. The fraction of sp³-hybridized carbons (Fsp3) is 0.417. The zero-order chi connectivity index (χ0) is 23.4. The van der Waals surface area contributed by atoms with Crippen LogP contribution in [-0.2, 0) is 14.8 Å². The number of ether oxygens (including phenoxy) is 1. The van der Waals surface area contributed by atoms with Gasteiger partial charge in [0.2, 0.25) is 10.0 Å². The Morgan fingerprint density at radius 2 is 1.76 bits per heavy atom. The van der Waals surface area contributed by atoms with E-state index in [0.29, 0.717) is 49.6 Å². The van der Waals surface area contributed by atoms with Crippen molar-refractivity contribution in [2.24, 2.45) is 5.92 Å². The van der Waals surface area contributed by atoms with E-state index in [2.05, 4.69) is 40.8 Å². The fourth-order valence-electron chi connectivity index (χ4n) is 3.93. The van der Waals surface area contributed by atoms with Crippen LogP contribution in [0.3, 0.4) is 0 Å². The van der Waals surface area contributed by atoms with Gasteiger partial charge in [0, 0.05) is 44.7 Å². The van der Waals surface area contributed by atoms with Gasteiger partial charge in [0.15, 0.2) is 0 Å². The molecule has 0 saturated carbocycles. The average Bonchev–Trinajstić information content (AvgIpc) is 2.82. The molecule has 1 aromatic heterocycles. The van der Waals surface area contributed by atoms with Crippen LogP contribution in [0.4, 0.5) is 0 Å². The third-order valence-corrected chi connectivity index (χ3v) is 7.95. The Morgan fingerprint density at radius 1 is 1.03 bits per heavy atom. The van der Waals surface area contributed by atoms with Crippen LogP contribution in [0.25, 0.3) is 10.9 Å². The van der Waals surface area contributed by atoms with Crippen molar-refractivity contribution in [3.63, 3.8) is 0 Å². The fourth-order valence-corrected chi connectivity index (χ4v) is 5.58. The molecule has 0 amide bonds. The molecule has 7 nitrogen and oxygen atoms in total. The smallest absolute Gasteiger partial charge is 0.243 e.